The van der Waals surface area contributed by atoms with E-state index in [4.69, 9.17) is 9.47 Å². The van der Waals surface area contributed by atoms with Gasteiger partial charge in [-0.2, -0.15) is 0 Å². The average molecular weight is 346 g/mol. The molecule has 2 rings (SSSR count). The Balaban J connectivity index is 1.68. The predicted molar refractivity (Wildman–Crippen MR) is 94.9 cm³/mol. The number of carbonyl (C=O) groups excluding carboxylic acids is 2. The first-order valence-electron chi connectivity index (χ1n) is 8.53. The van der Waals surface area contributed by atoms with Crippen molar-refractivity contribution in [1.29, 1.82) is 0 Å². The maximum Gasteiger partial charge on any atom is 0.335 e. The van der Waals surface area contributed by atoms with Gasteiger partial charge in [0.15, 0.2) is 12.7 Å². The highest BCUT2D eigenvalue weighted by atomic mass is 16.6. The van der Waals surface area contributed by atoms with Crippen LogP contribution in [-0.4, -0.2) is 67.2 Å². The molecule has 1 aliphatic rings. The zero-order valence-corrected chi connectivity index (χ0v) is 14.7. The second kappa shape index (κ2) is 9.96. The molecule has 1 amide bonds. The number of rotatable bonds is 8. The monoisotopic (exact) mass is 346 g/mol. The van der Waals surface area contributed by atoms with Crippen LogP contribution in [0.25, 0.3) is 0 Å². The summed E-state index contributed by atoms with van der Waals surface area (Å²) in [6, 6.07) is 10.3. The lowest BCUT2D eigenvalue weighted by Crippen LogP contribution is -2.49. The molecule has 0 aromatic heterocycles. The summed E-state index contributed by atoms with van der Waals surface area (Å²) in [4.78, 5) is 28.0. The van der Waals surface area contributed by atoms with Crippen LogP contribution >= 0.6 is 0 Å². The van der Waals surface area contributed by atoms with E-state index in [9.17, 15) is 9.59 Å². The highest BCUT2D eigenvalue weighted by Gasteiger charge is 2.23. The van der Waals surface area contributed by atoms with Crippen LogP contribution in [0.15, 0.2) is 43.0 Å². The Kier molecular flexibility index (Phi) is 7.63. The van der Waals surface area contributed by atoms with E-state index < -0.39 is 12.1 Å². The van der Waals surface area contributed by atoms with E-state index in [-0.39, 0.29) is 19.1 Å². The van der Waals surface area contributed by atoms with Crippen molar-refractivity contribution in [2.24, 2.45) is 0 Å². The molecule has 1 aliphatic heterocycles. The fraction of sp³-hybridized carbons (Fsp3) is 0.474. The van der Waals surface area contributed by atoms with Gasteiger partial charge in [-0.3, -0.25) is 9.69 Å². The van der Waals surface area contributed by atoms with Crippen LogP contribution < -0.4 is 0 Å². The molecule has 1 heterocycles. The normalized spacial score (nSPS) is 16.3. The number of amides is 1. The number of hydrogen-bond donors (Lipinski definition) is 0. The fourth-order valence-corrected chi connectivity index (χ4v) is 2.62. The lowest BCUT2D eigenvalue weighted by Gasteiger charge is -2.34. The van der Waals surface area contributed by atoms with Crippen LogP contribution in [0.3, 0.4) is 0 Å². The first kappa shape index (κ1) is 19.1. The summed E-state index contributed by atoms with van der Waals surface area (Å²) < 4.78 is 10.2. The summed E-state index contributed by atoms with van der Waals surface area (Å²) in [5.74, 6) is -0.693. The fourth-order valence-electron chi connectivity index (χ4n) is 2.62. The van der Waals surface area contributed by atoms with Crippen LogP contribution in [0.2, 0.25) is 0 Å². The summed E-state index contributed by atoms with van der Waals surface area (Å²) in [6.45, 7) is 8.95. The number of nitrogens with zero attached hydrogens (tertiary/aromatic N) is 2. The first-order chi connectivity index (χ1) is 12.1. The summed E-state index contributed by atoms with van der Waals surface area (Å²) >= 11 is 0. The van der Waals surface area contributed by atoms with Crippen molar-refractivity contribution in [2.75, 3.05) is 39.4 Å². The molecule has 25 heavy (non-hydrogen) atoms. The third-order valence-corrected chi connectivity index (χ3v) is 4.11. The van der Waals surface area contributed by atoms with Crippen LogP contribution in [-0.2, 0) is 25.6 Å². The third kappa shape index (κ3) is 6.32. The number of esters is 1. The molecule has 0 N–H and O–H groups in total. The molecule has 1 aromatic carbocycles. The van der Waals surface area contributed by atoms with Gasteiger partial charge in [0, 0.05) is 32.7 Å². The second-order valence-electron chi connectivity index (χ2n) is 6.01. The van der Waals surface area contributed by atoms with Gasteiger partial charge in [0.2, 0.25) is 0 Å². The predicted octanol–water partition coefficient (Wildman–Crippen LogP) is 1.47. The smallest absolute Gasteiger partial charge is 0.335 e. The minimum Gasteiger partial charge on any atom is -0.454 e. The molecule has 0 bridgehead atoms. The van der Waals surface area contributed by atoms with E-state index in [2.05, 4.69) is 23.6 Å². The minimum atomic E-state index is -0.700. The molecule has 1 unspecified atom stereocenters. The summed E-state index contributed by atoms with van der Waals surface area (Å²) in [5.41, 5.74) is 1.27. The maximum atomic E-state index is 12.2. The Morgan fingerprint density at radius 2 is 1.88 bits per heavy atom. The first-order valence-corrected chi connectivity index (χ1v) is 8.53. The quantitative estimate of drug-likeness (QED) is 0.527. The topological polar surface area (TPSA) is 59.1 Å². The Labute approximate surface area is 149 Å². The lowest BCUT2D eigenvalue weighted by atomic mass is 10.2. The standard InChI is InChI=1S/C19H26N2O4/c1-3-13-24-16(2)19(23)25-15-18(22)21-11-9-20(10-12-21)14-17-7-5-4-6-8-17/h3-8,16H,1,9-15H2,2H3. The van der Waals surface area contributed by atoms with Crippen molar-refractivity contribution >= 4 is 11.9 Å². The van der Waals surface area contributed by atoms with Crippen molar-refractivity contribution < 1.29 is 19.1 Å². The maximum absolute atomic E-state index is 12.2. The van der Waals surface area contributed by atoms with E-state index in [0.717, 1.165) is 19.6 Å². The lowest BCUT2D eigenvalue weighted by molar-refractivity contribution is -0.161. The SMILES string of the molecule is C=CCOC(C)C(=O)OCC(=O)N1CCN(Cc2ccccc2)CC1. The third-order valence-electron chi connectivity index (χ3n) is 4.11. The Bertz CT molecular complexity index is 568. The van der Waals surface area contributed by atoms with E-state index in [1.165, 1.54) is 5.56 Å². The summed E-state index contributed by atoms with van der Waals surface area (Å²) in [7, 11) is 0. The van der Waals surface area contributed by atoms with E-state index in [1.54, 1.807) is 17.9 Å². The number of ether oxygens (including phenoxy) is 2. The molecule has 6 heteroatoms. The molecular weight excluding hydrogens is 320 g/mol. The number of piperazine rings is 1. The molecule has 1 saturated heterocycles. The van der Waals surface area contributed by atoms with Gasteiger partial charge in [-0.1, -0.05) is 36.4 Å². The Hall–Kier alpha value is -2.18. The number of benzene rings is 1. The largest absolute Gasteiger partial charge is 0.454 e. The molecule has 136 valence electrons. The van der Waals surface area contributed by atoms with Crippen molar-refractivity contribution in [3.8, 4) is 0 Å². The van der Waals surface area contributed by atoms with Crippen molar-refractivity contribution in [3.63, 3.8) is 0 Å². The van der Waals surface area contributed by atoms with Crippen LogP contribution in [0.5, 0.6) is 0 Å². The molecule has 0 spiro atoms. The number of hydrogen-bond acceptors (Lipinski definition) is 5. The van der Waals surface area contributed by atoms with Crippen molar-refractivity contribution in [2.45, 2.75) is 19.6 Å². The summed E-state index contributed by atoms with van der Waals surface area (Å²) in [6.07, 6.45) is 0.859. The van der Waals surface area contributed by atoms with Gasteiger partial charge in [-0.05, 0) is 12.5 Å². The van der Waals surface area contributed by atoms with Crippen molar-refractivity contribution in [3.05, 3.63) is 48.6 Å². The van der Waals surface area contributed by atoms with Crippen LogP contribution in [0.1, 0.15) is 12.5 Å². The molecule has 1 fully saturated rings. The molecule has 0 saturated carbocycles. The zero-order chi connectivity index (χ0) is 18.1. The Morgan fingerprint density at radius 3 is 2.52 bits per heavy atom. The molecule has 6 nitrogen and oxygen atoms in total. The van der Waals surface area contributed by atoms with Gasteiger partial charge < -0.3 is 14.4 Å². The van der Waals surface area contributed by atoms with Gasteiger partial charge in [-0.15, -0.1) is 6.58 Å². The highest BCUT2D eigenvalue weighted by Crippen LogP contribution is 2.09. The summed E-state index contributed by atoms with van der Waals surface area (Å²) in [5, 5.41) is 0. The van der Waals surface area contributed by atoms with E-state index >= 15 is 0 Å². The van der Waals surface area contributed by atoms with Gasteiger partial charge >= 0.3 is 5.97 Å². The van der Waals surface area contributed by atoms with Gasteiger partial charge in [0.25, 0.3) is 5.91 Å². The van der Waals surface area contributed by atoms with Gasteiger partial charge in [0.05, 0.1) is 6.61 Å². The minimum absolute atomic E-state index is 0.163. The molecule has 1 atom stereocenters. The van der Waals surface area contributed by atoms with Crippen LogP contribution in [0, 0.1) is 0 Å². The van der Waals surface area contributed by atoms with Crippen LogP contribution in [0.4, 0.5) is 0 Å². The highest BCUT2D eigenvalue weighted by molar-refractivity contribution is 5.82. The number of carbonyl (C=O) groups is 2. The van der Waals surface area contributed by atoms with Crippen molar-refractivity contribution in [1.82, 2.24) is 9.80 Å². The molecule has 0 aliphatic carbocycles. The zero-order valence-electron chi connectivity index (χ0n) is 14.7. The second-order valence-corrected chi connectivity index (χ2v) is 6.01. The van der Waals surface area contributed by atoms with E-state index in [0.29, 0.717) is 13.1 Å². The molecule has 1 aromatic rings. The van der Waals surface area contributed by atoms with Gasteiger partial charge in [-0.25, -0.2) is 4.79 Å². The Morgan fingerprint density at radius 1 is 1.20 bits per heavy atom. The molecule has 0 radical (unpaired) electrons. The average Bonchev–Trinajstić information content (AvgIpc) is 2.65. The van der Waals surface area contributed by atoms with Gasteiger partial charge in [0.1, 0.15) is 0 Å². The van der Waals surface area contributed by atoms with E-state index in [1.807, 2.05) is 18.2 Å². The molecular formula is C19H26N2O4.